The van der Waals surface area contributed by atoms with Crippen molar-refractivity contribution in [2.45, 2.75) is 36.0 Å². The fourth-order valence-corrected chi connectivity index (χ4v) is 4.05. The number of nitriles is 1. The van der Waals surface area contributed by atoms with E-state index in [0.717, 1.165) is 29.6 Å². The molecule has 0 spiro atoms. The Morgan fingerprint density at radius 3 is 2.50 bits per heavy atom. The maximum Gasteiger partial charge on any atom is 0.202 e. The molecule has 8 heteroatoms. The van der Waals surface area contributed by atoms with Gasteiger partial charge in [-0.25, -0.2) is 9.37 Å². The number of benzene rings is 1. The van der Waals surface area contributed by atoms with Gasteiger partial charge in [-0.2, -0.15) is 5.26 Å². The average molecular weight is 394 g/mol. The van der Waals surface area contributed by atoms with Crippen molar-refractivity contribution >= 4 is 11.8 Å². The number of rotatable bonds is 5. The van der Waals surface area contributed by atoms with E-state index >= 15 is 0 Å². The second kappa shape index (κ2) is 8.50. The zero-order valence-corrected chi connectivity index (χ0v) is 16.1. The zero-order valence-electron chi connectivity index (χ0n) is 15.3. The van der Waals surface area contributed by atoms with E-state index in [0.29, 0.717) is 17.3 Å². The lowest BCUT2D eigenvalue weighted by Crippen LogP contribution is -2.30. The summed E-state index contributed by atoms with van der Waals surface area (Å²) in [4.78, 5) is 6.68. The Morgan fingerprint density at radius 1 is 1.04 bits per heavy atom. The summed E-state index contributed by atoms with van der Waals surface area (Å²) in [5.74, 6) is 0.544. The summed E-state index contributed by atoms with van der Waals surface area (Å²) >= 11 is 1.37. The van der Waals surface area contributed by atoms with Crippen LogP contribution in [0.2, 0.25) is 0 Å². The van der Waals surface area contributed by atoms with Gasteiger partial charge < -0.3 is 0 Å². The lowest BCUT2D eigenvalue weighted by molar-refractivity contribution is 0.214. The Balaban J connectivity index is 1.66. The van der Waals surface area contributed by atoms with Crippen LogP contribution in [0.1, 0.15) is 30.7 Å². The number of nitrogens with zero attached hydrogens (tertiary/aromatic N) is 6. The average Bonchev–Trinajstić information content (AvgIpc) is 3.12. The molecular weight excluding hydrogens is 375 g/mol. The molecule has 0 atom stereocenters. The Labute approximate surface area is 167 Å². The van der Waals surface area contributed by atoms with Crippen molar-refractivity contribution in [3.05, 3.63) is 59.8 Å². The summed E-state index contributed by atoms with van der Waals surface area (Å²) in [7, 11) is 0. The Morgan fingerprint density at radius 2 is 1.82 bits per heavy atom. The highest BCUT2D eigenvalue weighted by atomic mass is 32.2. The summed E-state index contributed by atoms with van der Waals surface area (Å²) in [5, 5.41) is 19.1. The molecule has 3 heterocycles. The highest BCUT2D eigenvalue weighted by Gasteiger charge is 2.19. The molecule has 1 aromatic carbocycles. The second-order valence-corrected chi connectivity index (χ2v) is 7.63. The van der Waals surface area contributed by atoms with Crippen molar-refractivity contribution in [3.8, 4) is 11.8 Å². The third-order valence-electron chi connectivity index (χ3n) is 4.66. The van der Waals surface area contributed by atoms with Crippen LogP contribution in [0.4, 0.5) is 4.39 Å². The Hall–Kier alpha value is -2.76. The molecule has 0 saturated carbocycles. The summed E-state index contributed by atoms with van der Waals surface area (Å²) in [5.41, 5.74) is 1.32. The van der Waals surface area contributed by atoms with Gasteiger partial charge in [0, 0.05) is 11.9 Å². The van der Waals surface area contributed by atoms with E-state index in [1.807, 2.05) is 4.57 Å². The predicted octanol–water partition coefficient (Wildman–Crippen LogP) is 3.81. The zero-order chi connectivity index (χ0) is 19.3. The third-order valence-corrected chi connectivity index (χ3v) is 5.56. The minimum absolute atomic E-state index is 0.280. The maximum absolute atomic E-state index is 13.4. The maximum atomic E-state index is 13.4. The van der Waals surface area contributed by atoms with Gasteiger partial charge in [-0.3, -0.25) is 9.47 Å². The molecule has 1 fully saturated rings. The highest BCUT2D eigenvalue weighted by Crippen LogP contribution is 2.28. The number of hydrogen-bond donors (Lipinski definition) is 0. The third kappa shape index (κ3) is 4.21. The number of pyridine rings is 1. The molecule has 0 unspecified atom stereocenters. The number of aromatic nitrogens is 4. The van der Waals surface area contributed by atoms with Gasteiger partial charge in [-0.1, -0.05) is 6.42 Å². The van der Waals surface area contributed by atoms with Gasteiger partial charge in [-0.05, 0) is 74.1 Å². The van der Waals surface area contributed by atoms with E-state index in [-0.39, 0.29) is 5.82 Å². The van der Waals surface area contributed by atoms with E-state index in [1.54, 1.807) is 24.3 Å². The Bertz CT molecular complexity index is 971. The molecule has 0 aliphatic carbocycles. The van der Waals surface area contributed by atoms with Crippen LogP contribution >= 0.6 is 11.8 Å². The van der Waals surface area contributed by atoms with Crippen LogP contribution in [-0.2, 0) is 6.54 Å². The van der Waals surface area contributed by atoms with Gasteiger partial charge in [0.2, 0.25) is 5.16 Å². The molecule has 2 aromatic heterocycles. The van der Waals surface area contributed by atoms with Gasteiger partial charge in [0.05, 0.1) is 12.1 Å². The van der Waals surface area contributed by atoms with Gasteiger partial charge in [0.25, 0.3) is 0 Å². The molecule has 0 radical (unpaired) electrons. The van der Waals surface area contributed by atoms with E-state index in [4.69, 9.17) is 5.26 Å². The lowest BCUT2D eigenvalue weighted by Gasteiger charge is -2.26. The van der Waals surface area contributed by atoms with Crippen molar-refractivity contribution in [1.82, 2.24) is 24.6 Å². The molecule has 3 aromatic rings. The molecule has 0 amide bonds. The van der Waals surface area contributed by atoms with E-state index in [2.05, 4.69) is 26.2 Å². The van der Waals surface area contributed by atoms with Crippen molar-refractivity contribution in [1.29, 1.82) is 5.26 Å². The van der Waals surface area contributed by atoms with Crippen molar-refractivity contribution in [2.75, 3.05) is 13.1 Å². The van der Waals surface area contributed by atoms with Crippen LogP contribution in [0, 0.1) is 17.1 Å². The van der Waals surface area contributed by atoms with Crippen LogP contribution in [-0.4, -0.2) is 37.7 Å². The van der Waals surface area contributed by atoms with Crippen molar-refractivity contribution in [2.24, 2.45) is 0 Å². The first-order valence-corrected chi connectivity index (χ1v) is 10.0. The number of halogens is 1. The quantitative estimate of drug-likeness (QED) is 0.655. The van der Waals surface area contributed by atoms with Gasteiger partial charge in [-0.15, -0.1) is 10.2 Å². The first-order valence-electron chi connectivity index (χ1n) is 9.19. The fraction of sp³-hybridized carbons (Fsp3) is 0.300. The normalized spacial score (nSPS) is 14.7. The Kier molecular flexibility index (Phi) is 5.65. The minimum Gasteiger partial charge on any atom is -0.296 e. The molecule has 28 heavy (non-hydrogen) atoms. The highest BCUT2D eigenvalue weighted by molar-refractivity contribution is 7.99. The number of hydrogen-bond acceptors (Lipinski definition) is 6. The summed E-state index contributed by atoms with van der Waals surface area (Å²) in [6, 6.07) is 11.9. The molecule has 0 N–H and O–H groups in total. The molecule has 1 aliphatic rings. The molecule has 4 rings (SSSR count). The molecule has 142 valence electrons. The predicted molar refractivity (Wildman–Crippen MR) is 104 cm³/mol. The van der Waals surface area contributed by atoms with E-state index in [9.17, 15) is 4.39 Å². The lowest BCUT2D eigenvalue weighted by atomic mass is 10.1. The molecule has 6 nitrogen and oxygen atoms in total. The first-order chi connectivity index (χ1) is 13.7. The molecular formula is C20H19FN6S. The van der Waals surface area contributed by atoms with Crippen LogP contribution in [0.25, 0.3) is 5.69 Å². The van der Waals surface area contributed by atoms with Crippen LogP contribution < -0.4 is 0 Å². The van der Waals surface area contributed by atoms with Gasteiger partial charge in [0.15, 0.2) is 5.82 Å². The van der Waals surface area contributed by atoms with Crippen molar-refractivity contribution in [3.63, 3.8) is 0 Å². The smallest absolute Gasteiger partial charge is 0.202 e. The molecule has 0 bridgehead atoms. The number of piperidine rings is 1. The first kappa shape index (κ1) is 18.6. The van der Waals surface area contributed by atoms with Crippen molar-refractivity contribution < 1.29 is 4.39 Å². The monoisotopic (exact) mass is 394 g/mol. The van der Waals surface area contributed by atoms with Gasteiger partial charge >= 0.3 is 0 Å². The fourth-order valence-electron chi connectivity index (χ4n) is 3.24. The summed E-state index contributed by atoms with van der Waals surface area (Å²) in [6.07, 6.45) is 5.20. The van der Waals surface area contributed by atoms with Crippen LogP contribution in [0.15, 0.2) is 52.8 Å². The van der Waals surface area contributed by atoms with E-state index in [1.165, 1.54) is 49.4 Å². The minimum atomic E-state index is -0.280. The largest absolute Gasteiger partial charge is 0.296 e. The summed E-state index contributed by atoms with van der Waals surface area (Å²) in [6.45, 7) is 2.80. The van der Waals surface area contributed by atoms with Gasteiger partial charge in [0.1, 0.15) is 16.9 Å². The standard InChI is InChI=1S/C20H19FN6S/c21-16-5-7-17(8-6-16)27-18(14-26-10-2-1-3-11-26)24-25-20(27)28-19-9-4-15(12-22)13-23-19/h4-9,13H,1-3,10-11,14H2. The van der Waals surface area contributed by atoms with E-state index < -0.39 is 0 Å². The second-order valence-electron chi connectivity index (χ2n) is 6.65. The molecule has 1 aliphatic heterocycles. The summed E-state index contributed by atoms with van der Waals surface area (Å²) < 4.78 is 15.4. The van der Waals surface area contributed by atoms with Crippen LogP contribution in [0.3, 0.4) is 0 Å². The molecule has 1 saturated heterocycles. The topological polar surface area (TPSA) is 70.6 Å². The number of likely N-dealkylation sites (tertiary alicyclic amines) is 1. The van der Waals surface area contributed by atoms with Crippen LogP contribution in [0.5, 0.6) is 0 Å². The SMILES string of the molecule is N#Cc1ccc(Sc2nnc(CN3CCCCC3)n2-c2ccc(F)cc2)nc1.